The van der Waals surface area contributed by atoms with Crippen LogP contribution in [0.15, 0.2) is 23.8 Å². The van der Waals surface area contributed by atoms with Gasteiger partial charge >= 0.3 is 0 Å². The summed E-state index contributed by atoms with van der Waals surface area (Å²) in [4.78, 5) is 12.2. The van der Waals surface area contributed by atoms with E-state index >= 15 is 0 Å². The van der Waals surface area contributed by atoms with Crippen molar-refractivity contribution in [1.29, 1.82) is 0 Å². The van der Waals surface area contributed by atoms with Crippen LogP contribution in [-0.4, -0.2) is 42.6 Å². The molecule has 0 spiro atoms. The van der Waals surface area contributed by atoms with Crippen molar-refractivity contribution in [1.82, 2.24) is 15.1 Å². The Bertz CT molecular complexity index is 509. The van der Waals surface area contributed by atoms with Crippen molar-refractivity contribution >= 4 is 5.91 Å². The van der Waals surface area contributed by atoms with Gasteiger partial charge in [-0.15, -0.1) is 0 Å². The van der Waals surface area contributed by atoms with Crippen LogP contribution in [0.2, 0.25) is 0 Å². The molecule has 110 valence electrons. The van der Waals surface area contributed by atoms with Gasteiger partial charge in [-0.25, -0.2) is 0 Å². The summed E-state index contributed by atoms with van der Waals surface area (Å²) in [6.45, 7) is 2.90. The highest BCUT2D eigenvalue weighted by Crippen LogP contribution is 2.17. The molecule has 1 amide bonds. The van der Waals surface area contributed by atoms with Crippen molar-refractivity contribution in [2.75, 3.05) is 26.9 Å². The van der Waals surface area contributed by atoms with Crippen LogP contribution in [-0.2, 0) is 26.1 Å². The highest BCUT2D eigenvalue weighted by atomic mass is 16.6. The third kappa shape index (κ3) is 3.11. The molecular formula is C13H19N3O4. The molecule has 1 aromatic rings. The Labute approximate surface area is 117 Å². The van der Waals surface area contributed by atoms with Crippen molar-refractivity contribution < 1.29 is 19.0 Å². The lowest BCUT2D eigenvalue weighted by Gasteiger charge is -2.22. The SMILES string of the molecule is COCC(NC(=O)C1=C(C)OCCO1)c1ccnn1C. The Morgan fingerprint density at radius 3 is 2.90 bits per heavy atom. The molecule has 1 unspecified atom stereocenters. The van der Waals surface area contributed by atoms with Gasteiger partial charge in [-0.3, -0.25) is 9.48 Å². The van der Waals surface area contributed by atoms with Crippen molar-refractivity contribution in [2.45, 2.75) is 13.0 Å². The van der Waals surface area contributed by atoms with E-state index in [2.05, 4.69) is 10.4 Å². The fraction of sp³-hybridized carbons (Fsp3) is 0.538. The second-order valence-corrected chi connectivity index (χ2v) is 4.44. The summed E-state index contributed by atoms with van der Waals surface area (Å²) in [5.41, 5.74) is 0.857. The second kappa shape index (κ2) is 6.42. The molecule has 7 nitrogen and oxygen atoms in total. The highest BCUT2D eigenvalue weighted by molar-refractivity contribution is 5.92. The third-order valence-corrected chi connectivity index (χ3v) is 3.03. The number of allylic oxidation sites excluding steroid dienone is 1. The maximum atomic E-state index is 12.2. The zero-order chi connectivity index (χ0) is 14.5. The van der Waals surface area contributed by atoms with Crippen LogP contribution in [0.5, 0.6) is 0 Å². The van der Waals surface area contributed by atoms with Gasteiger partial charge in [0.25, 0.3) is 5.91 Å². The van der Waals surface area contributed by atoms with Crippen molar-refractivity contribution in [3.8, 4) is 0 Å². The lowest BCUT2D eigenvalue weighted by Crippen LogP contribution is -2.35. The largest absolute Gasteiger partial charge is 0.491 e. The van der Waals surface area contributed by atoms with Crippen molar-refractivity contribution in [3.05, 3.63) is 29.5 Å². The molecule has 2 rings (SSSR count). The van der Waals surface area contributed by atoms with Gasteiger partial charge in [-0.1, -0.05) is 0 Å². The van der Waals surface area contributed by atoms with Crippen LogP contribution in [0.25, 0.3) is 0 Å². The first kappa shape index (κ1) is 14.4. The number of carbonyl (C=O) groups is 1. The first-order chi connectivity index (χ1) is 9.63. The Morgan fingerprint density at radius 2 is 2.30 bits per heavy atom. The first-order valence-electron chi connectivity index (χ1n) is 6.37. The molecule has 0 saturated carbocycles. The van der Waals surface area contributed by atoms with E-state index in [-0.39, 0.29) is 17.7 Å². The van der Waals surface area contributed by atoms with E-state index in [4.69, 9.17) is 14.2 Å². The van der Waals surface area contributed by atoms with E-state index < -0.39 is 0 Å². The first-order valence-corrected chi connectivity index (χ1v) is 6.37. The van der Waals surface area contributed by atoms with E-state index in [1.165, 1.54) is 0 Å². The van der Waals surface area contributed by atoms with Gasteiger partial charge in [0.05, 0.1) is 18.3 Å². The number of hydrogen-bond acceptors (Lipinski definition) is 5. The van der Waals surface area contributed by atoms with Crippen LogP contribution < -0.4 is 5.32 Å². The molecular weight excluding hydrogens is 262 g/mol. The number of nitrogens with zero attached hydrogens (tertiary/aromatic N) is 2. The fourth-order valence-electron chi connectivity index (χ4n) is 2.05. The molecule has 0 radical (unpaired) electrons. The molecule has 0 aliphatic carbocycles. The minimum absolute atomic E-state index is 0.222. The van der Waals surface area contributed by atoms with E-state index in [0.29, 0.717) is 25.6 Å². The quantitative estimate of drug-likeness (QED) is 0.851. The van der Waals surface area contributed by atoms with Gasteiger partial charge in [0, 0.05) is 20.4 Å². The number of aryl methyl sites for hydroxylation is 1. The molecule has 1 aromatic heterocycles. The summed E-state index contributed by atoms with van der Waals surface area (Å²) in [6.07, 6.45) is 1.68. The summed E-state index contributed by atoms with van der Waals surface area (Å²) in [6, 6.07) is 1.54. The molecule has 2 heterocycles. The topological polar surface area (TPSA) is 74.6 Å². The predicted molar refractivity (Wildman–Crippen MR) is 70.6 cm³/mol. The summed E-state index contributed by atoms with van der Waals surface area (Å²) in [5.74, 6) is 0.403. The number of nitrogens with one attached hydrogen (secondary N) is 1. The lowest BCUT2D eigenvalue weighted by atomic mass is 10.2. The summed E-state index contributed by atoms with van der Waals surface area (Å²) < 4.78 is 17.5. The molecule has 1 atom stereocenters. The number of ether oxygens (including phenoxy) is 3. The summed E-state index contributed by atoms with van der Waals surface area (Å²) in [7, 11) is 3.40. The van der Waals surface area contributed by atoms with Gasteiger partial charge in [-0.2, -0.15) is 5.10 Å². The number of hydrogen-bond donors (Lipinski definition) is 1. The predicted octanol–water partition coefficient (Wildman–Crippen LogP) is 0.502. The standard InChI is InChI=1S/C13H19N3O4/c1-9-12(20-7-6-19-9)13(17)15-10(8-18-3)11-4-5-14-16(11)2/h4-5,10H,6-8H2,1-3H3,(H,15,17). The number of carbonyl (C=O) groups excluding carboxylic acids is 1. The Kier molecular flexibility index (Phi) is 4.62. The molecule has 0 aromatic carbocycles. The molecule has 7 heteroatoms. The van der Waals surface area contributed by atoms with E-state index in [1.54, 1.807) is 24.9 Å². The van der Waals surface area contributed by atoms with Crippen LogP contribution in [0.3, 0.4) is 0 Å². The van der Waals surface area contributed by atoms with Crippen LogP contribution in [0.4, 0.5) is 0 Å². The molecule has 0 fully saturated rings. The zero-order valence-corrected chi connectivity index (χ0v) is 11.9. The van der Waals surface area contributed by atoms with Crippen LogP contribution in [0, 0.1) is 0 Å². The fourth-order valence-corrected chi connectivity index (χ4v) is 2.05. The average molecular weight is 281 g/mol. The van der Waals surface area contributed by atoms with E-state index in [0.717, 1.165) is 5.69 Å². The number of rotatable bonds is 5. The van der Waals surface area contributed by atoms with E-state index in [9.17, 15) is 4.79 Å². The molecule has 1 aliphatic heterocycles. The molecule has 1 N–H and O–H groups in total. The zero-order valence-electron chi connectivity index (χ0n) is 11.9. The minimum Gasteiger partial charge on any atom is -0.491 e. The van der Waals surface area contributed by atoms with Gasteiger partial charge in [-0.05, 0) is 13.0 Å². The Morgan fingerprint density at radius 1 is 1.55 bits per heavy atom. The smallest absolute Gasteiger partial charge is 0.290 e. The van der Waals surface area contributed by atoms with Gasteiger partial charge in [0.2, 0.25) is 5.76 Å². The number of methoxy groups -OCH3 is 1. The maximum Gasteiger partial charge on any atom is 0.290 e. The van der Waals surface area contributed by atoms with Crippen molar-refractivity contribution in [2.24, 2.45) is 7.05 Å². The highest BCUT2D eigenvalue weighted by Gasteiger charge is 2.24. The Hall–Kier alpha value is -2.02. The monoisotopic (exact) mass is 281 g/mol. The van der Waals surface area contributed by atoms with Crippen LogP contribution >= 0.6 is 0 Å². The molecule has 20 heavy (non-hydrogen) atoms. The van der Waals surface area contributed by atoms with E-state index in [1.807, 2.05) is 13.1 Å². The third-order valence-electron chi connectivity index (χ3n) is 3.03. The van der Waals surface area contributed by atoms with Crippen molar-refractivity contribution in [3.63, 3.8) is 0 Å². The second-order valence-electron chi connectivity index (χ2n) is 4.44. The average Bonchev–Trinajstić information content (AvgIpc) is 2.85. The van der Waals surface area contributed by atoms with Crippen LogP contribution in [0.1, 0.15) is 18.7 Å². The normalized spacial score (nSPS) is 16.4. The summed E-state index contributed by atoms with van der Waals surface area (Å²) >= 11 is 0. The number of amides is 1. The molecule has 1 aliphatic rings. The molecule has 0 saturated heterocycles. The van der Waals surface area contributed by atoms with Gasteiger partial charge in [0.1, 0.15) is 19.0 Å². The summed E-state index contributed by atoms with van der Waals surface area (Å²) in [5, 5.41) is 6.97. The minimum atomic E-state index is -0.314. The Balaban J connectivity index is 2.12. The lowest BCUT2D eigenvalue weighted by molar-refractivity contribution is -0.123. The maximum absolute atomic E-state index is 12.2. The van der Waals surface area contributed by atoms with Gasteiger partial charge < -0.3 is 19.5 Å². The number of aromatic nitrogens is 2. The molecule has 0 bridgehead atoms. The van der Waals surface area contributed by atoms with Gasteiger partial charge in [0.15, 0.2) is 0 Å².